The van der Waals surface area contributed by atoms with Crippen molar-refractivity contribution in [2.75, 3.05) is 14.2 Å². The predicted molar refractivity (Wildman–Crippen MR) is 119 cm³/mol. The average molecular weight is 426 g/mol. The summed E-state index contributed by atoms with van der Waals surface area (Å²) in [5.41, 5.74) is 3.61. The third-order valence-electron chi connectivity index (χ3n) is 5.01. The fourth-order valence-electron chi connectivity index (χ4n) is 3.74. The fraction of sp³-hybridized carbons (Fsp3) is 0.320. The summed E-state index contributed by atoms with van der Waals surface area (Å²) < 4.78 is 32.0. The number of nitrogens with zero attached hydrogens (tertiary/aromatic N) is 1. The van der Waals surface area contributed by atoms with E-state index in [1.165, 1.54) is 12.1 Å². The van der Waals surface area contributed by atoms with Gasteiger partial charge in [0, 0.05) is 28.7 Å². The van der Waals surface area contributed by atoms with Gasteiger partial charge in [0.25, 0.3) is 0 Å². The van der Waals surface area contributed by atoms with Crippen molar-refractivity contribution in [1.82, 2.24) is 4.57 Å². The maximum absolute atomic E-state index is 13.6. The lowest BCUT2D eigenvalue weighted by atomic mass is 10.0. The molecule has 0 fully saturated rings. The van der Waals surface area contributed by atoms with E-state index in [2.05, 4.69) is 0 Å². The summed E-state index contributed by atoms with van der Waals surface area (Å²) in [6.45, 7) is 9.29. The minimum Gasteiger partial charge on any atom is -0.493 e. The van der Waals surface area contributed by atoms with Gasteiger partial charge in [-0.15, -0.1) is 0 Å². The number of carbonyl (C=O) groups excluding carboxylic acids is 1. The zero-order chi connectivity index (χ0) is 22.9. The number of carbonyl (C=O) groups is 1. The summed E-state index contributed by atoms with van der Waals surface area (Å²) >= 11 is 0. The van der Waals surface area contributed by atoms with Crippen LogP contribution in [0.25, 0.3) is 16.8 Å². The van der Waals surface area contributed by atoms with Gasteiger partial charge in [-0.25, -0.2) is 9.18 Å². The molecule has 6 heteroatoms. The maximum atomic E-state index is 13.6. The minimum absolute atomic E-state index is 0.337. The van der Waals surface area contributed by atoms with Crippen molar-refractivity contribution in [1.29, 1.82) is 0 Å². The number of hydrogen-bond acceptors (Lipinski definition) is 4. The average Bonchev–Trinajstić information content (AvgIpc) is 2.97. The van der Waals surface area contributed by atoms with E-state index in [1.807, 2.05) is 57.4 Å². The SMILES string of the molecule is COc1ccc(-n2c(C)c(C(=O)OC(C)(C)C)c(-c3ccc(F)cc3)c2C)cc1OC. The fourth-order valence-corrected chi connectivity index (χ4v) is 3.74. The van der Waals surface area contributed by atoms with Gasteiger partial charge in [-0.05, 0) is 64.4 Å². The molecule has 31 heavy (non-hydrogen) atoms. The molecule has 0 N–H and O–H groups in total. The molecule has 5 nitrogen and oxygen atoms in total. The summed E-state index contributed by atoms with van der Waals surface area (Å²) in [4.78, 5) is 13.2. The quantitative estimate of drug-likeness (QED) is 0.480. The Labute approximate surface area is 182 Å². The molecule has 0 aliphatic rings. The molecule has 3 aromatic rings. The number of esters is 1. The predicted octanol–water partition coefficient (Wildman–Crippen LogP) is 5.87. The standard InChI is InChI=1S/C25H28FNO4/c1-15-22(17-8-10-18(26)11-9-17)23(24(28)31-25(3,4)5)16(2)27(15)19-12-13-20(29-6)21(14-19)30-7/h8-14H,1-7H3. The van der Waals surface area contributed by atoms with Gasteiger partial charge in [0.05, 0.1) is 19.8 Å². The van der Waals surface area contributed by atoms with Crippen molar-refractivity contribution in [3.63, 3.8) is 0 Å². The highest BCUT2D eigenvalue weighted by atomic mass is 19.1. The monoisotopic (exact) mass is 425 g/mol. The molecule has 0 aliphatic heterocycles. The number of hydrogen-bond donors (Lipinski definition) is 0. The topological polar surface area (TPSA) is 49.7 Å². The normalized spacial score (nSPS) is 11.4. The molecule has 0 atom stereocenters. The highest BCUT2D eigenvalue weighted by Gasteiger charge is 2.29. The number of methoxy groups -OCH3 is 2. The molecular weight excluding hydrogens is 397 g/mol. The molecule has 0 saturated carbocycles. The Morgan fingerprint density at radius 3 is 2.06 bits per heavy atom. The molecule has 1 aromatic heterocycles. The first-order valence-corrected chi connectivity index (χ1v) is 10.0. The van der Waals surface area contributed by atoms with E-state index in [0.717, 1.165) is 22.6 Å². The van der Waals surface area contributed by atoms with E-state index in [-0.39, 0.29) is 5.82 Å². The summed E-state index contributed by atoms with van der Waals surface area (Å²) in [7, 11) is 3.16. The van der Waals surface area contributed by atoms with E-state index in [0.29, 0.717) is 22.6 Å². The van der Waals surface area contributed by atoms with Crippen LogP contribution in [-0.2, 0) is 4.74 Å². The van der Waals surface area contributed by atoms with Crippen LogP contribution >= 0.6 is 0 Å². The third-order valence-corrected chi connectivity index (χ3v) is 5.01. The van der Waals surface area contributed by atoms with E-state index >= 15 is 0 Å². The highest BCUT2D eigenvalue weighted by Crippen LogP contribution is 2.37. The molecule has 2 aromatic carbocycles. The summed E-state index contributed by atoms with van der Waals surface area (Å²) in [5.74, 6) is 0.428. The second-order valence-electron chi connectivity index (χ2n) is 8.30. The highest BCUT2D eigenvalue weighted by molar-refractivity contribution is 6.00. The van der Waals surface area contributed by atoms with Gasteiger partial charge < -0.3 is 18.8 Å². The van der Waals surface area contributed by atoms with E-state index in [1.54, 1.807) is 26.4 Å². The second-order valence-corrected chi connectivity index (χ2v) is 8.30. The first-order chi connectivity index (χ1) is 14.6. The summed E-state index contributed by atoms with van der Waals surface area (Å²) in [5, 5.41) is 0. The van der Waals surface area contributed by atoms with Crippen LogP contribution in [0.1, 0.15) is 42.5 Å². The molecule has 0 radical (unpaired) electrons. The molecular formula is C25H28FNO4. The van der Waals surface area contributed by atoms with Gasteiger partial charge >= 0.3 is 5.97 Å². The second kappa shape index (κ2) is 8.46. The van der Waals surface area contributed by atoms with Crippen LogP contribution < -0.4 is 9.47 Å². The van der Waals surface area contributed by atoms with Gasteiger partial charge in [0.1, 0.15) is 11.4 Å². The number of aromatic nitrogens is 1. The summed E-state index contributed by atoms with van der Waals surface area (Å²) in [6.07, 6.45) is 0. The van der Waals surface area contributed by atoms with Crippen LogP contribution in [0.2, 0.25) is 0 Å². The van der Waals surface area contributed by atoms with Crippen molar-refractivity contribution < 1.29 is 23.4 Å². The van der Waals surface area contributed by atoms with Gasteiger partial charge in [-0.1, -0.05) is 12.1 Å². The Kier molecular flexibility index (Phi) is 6.11. The molecule has 1 heterocycles. The number of benzene rings is 2. The first-order valence-electron chi connectivity index (χ1n) is 10.0. The lowest BCUT2D eigenvalue weighted by Crippen LogP contribution is -2.24. The molecule has 164 valence electrons. The smallest absolute Gasteiger partial charge is 0.341 e. The van der Waals surface area contributed by atoms with Gasteiger partial charge in [-0.2, -0.15) is 0 Å². The van der Waals surface area contributed by atoms with Crippen LogP contribution in [0.4, 0.5) is 4.39 Å². The van der Waals surface area contributed by atoms with Crippen LogP contribution in [-0.4, -0.2) is 30.4 Å². The van der Waals surface area contributed by atoms with Crippen molar-refractivity contribution in [2.24, 2.45) is 0 Å². The largest absolute Gasteiger partial charge is 0.493 e. The van der Waals surface area contributed by atoms with Crippen LogP contribution in [0.15, 0.2) is 42.5 Å². The Balaban J connectivity index is 2.28. The van der Waals surface area contributed by atoms with Gasteiger partial charge in [-0.3, -0.25) is 0 Å². The van der Waals surface area contributed by atoms with Crippen LogP contribution in [0.5, 0.6) is 11.5 Å². The van der Waals surface area contributed by atoms with E-state index < -0.39 is 11.6 Å². The molecule has 0 spiro atoms. The van der Waals surface area contributed by atoms with Crippen molar-refractivity contribution >= 4 is 5.97 Å². The zero-order valence-corrected chi connectivity index (χ0v) is 19.0. The van der Waals surface area contributed by atoms with E-state index in [9.17, 15) is 9.18 Å². The molecule has 3 rings (SSSR count). The Hall–Kier alpha value is -3.28. The van der Waals surface area contributed by atoms with Gasteiger partial charge in [0.15, 0.2) is 11.5 Å². The molecule has 0 aliphatic carbocycles. The van der Waals surface area contributed by atoms with Crippen LogP contribution in [0, 0.1) is 19.7 Å². The maximum Gasteiger partial charge on any atom is 0.341 e. The number of rotatable bonds is 5. The summed E-state index contributed by atoms with van der Waals surface area (Å²) in [6, 6.07) is 11.7. The lowest BCUT2D eigenvalue weighted by Gasteiger charge is -2.20. The van der Waals surface area contributed by atoms with Crippen LogP contribution in [0.3, 0.4) is 0 Å². The Bertz CT molecular complexity index is 1110. The Morgan fingerprint density at radius 1 is 0.903 bits per heavy atom. The molecule has 0 amide bonds. The van der Waals surface area contributed by atoms with Crippen molar-refractivity contribution in [3.05, 3.63) is 65.2 Å². The Morgan fingerprint density at radius 2 is 1.52 bits per heavy atom. The minimum atomic E-state index is -0.650. The molecule has 0 bridgehead atoms. The van der Waals surface area contributed by atoms with Gasteiger partial charge in [0.2, 0.25) is 0 Å². The number of ether oxygens (including phenoxy) is 3. The first kappa shape index (κ1) is 22.4. The van der Waals surface area contributed by atoms with E-state index in [4.69, 9.17) is 14.2 Å². The van der Waals surface area contributed by atoms with Crippen molar-refractivity contribution in [3.8, 4) is 28.3 Å². The molecule has 0 unspecified atom stereocenters. The zero-order valence-electron chi connectivity index (χ0n) is 19.0. The molecule has 0 saturated heterocycles. The lowest BCUT2D eigenvalue weighted by molar-refractivity contribution is 0.00696. The van der Waals surface area contributed by atoms with Crippen molar-refractivity contribution in [2.45, 2.75) is 40.2 Å². The number of halogens is 1. The third kappa shape index (κ3) is 4.43.